The lowest BCUT2D eigenvalue weighted by atomic mass is 9.79. The van der Waals surface area contributed by atoms with E-state index in [9.17, 15) is 22.8 Å². The van der Waals surface area contributed by atoms with E-state index in [1.54, 1.807) is 6.92 Å². The number of alkyl halides is 3. The van der Waals surface area contributed by atoms with Crippen LogP contribution in [0.3, 0.4) is 0 Å². The largest absolute Gasteiger partial charge is 0.462 e. The van der Waals surface area contributed by atoms with Crippen LogP contribution in [-0.2, 0) is 25.2 Å². The first-order valence-corrected chi connectivity index (χ1v) is 11.0. The number of rotatable bonds is 9. The summed E-state index contributed by atoms with van der Waals surface area (Å²) >= 11 is 0. The molecule has 0 saturated carbocycles. The summed E-state index contributed by atoms with van der Waals surface area (Å²) in [7, 11) is 0. The van der Waals surface area contributed by atoms with E-state index in [2.05, 4.69) is 12.2 Å². The highest BCUT2D eigenvalue weighted by Gasteiger charge is 2.45. The van der Waals surface area contributed by atoms with E-state index < -0.39 is 29.6 Å². The number of dihydropyridines is 1. The molecule has 0 saturated heterocycles. The zero-order chi connectivity index (χ0) is 23.3. The van der Waals surface area contributed by atoms with Crippen LogP contribution in [0.1, 0.15) is 69.4 Å². The number of unbranched alkanes of at least 4 members (excludes halogenated alkanes) is 5. The third kappa shape index (κ3) is 5.16. The normalized spacial score (nSPS) is 18.4. The predicted molar refractivity (Wildman–Crippen MR) is 112 cm³/mol. The number of cyclic esters (lactones) is 1. The topological polar surface area (TPSA) is 64.6 Å². The summed E-state index contributed by atoms with van der Waals surface area (Å²) in [6.45, 7) is 3.82. The van der Waals surface area contributed by atoms with Crippen LogP contribution < -0.4 is 5.32 Å². The Balaban J connectivity index is 1.87. The molecular formula is C24H28F3NO4. The Kier molecular flexibility index (Phi) is 7.64. The summed E-state index contributed by atoms with van der Waals surface area (Å²) < 4.78 is 51.8. The monoisotopic (exact) mass is 451 g/mol. The van der Waals surface area contributed by atoms with E-state index in [4.69, 9.17) is 9.47 Å². The van der Waals surface area contributed by atoms with E-state index >= 15 is 0 Å². The van der Waals surface area contributed by atoms with Gasteiger partial charge in [-0.25, -0.2) is 9.59 Å². The van der Waals surface area contributed by atoms with Gasteiger partial charge in [0.2, 0.25) is 0 Å². The minimum absolute atomic E-state index is 0.00489. The van der Waals surface area contributed by atoms with Gasteiger partial charge in [-0.1, -0.05) is 57.2 Å². The standard InChI is InChI=1S/C24H28F3NO4/c1-3-4-5-6-7-10-13-31-22(29)19-15(2)28-18-14-32-23(30)21(18)20(19)16-11-8-9-12-17(16)24(25,26)27/h8-9,11-12,20,28H,3-7,10,13-14H2,1-2H3. The third-order valence-corrected chi connectivity index (χ3v) is 5.74. The van der Waals surface area contributed by atoms with Gasteiger partial charge in [-0.2, -0.15) is 13.2 Å². The molecule has 174 valence electrons. The Labute approximate surface area is 185 Å². The summed E-state index contributed by atoms with van der Waals surface area (Å²) in [6.07, 6.45) is 1.39. The number of halogens is 3. The van der Waals surface area contributed by atoms with E-state index in [0.29, 0.717) is 17.8 Å². The SMILES string of the molecule is CCCCCCCCOC(=O)C1=C(C)NC2=C(C(=O)OC2)C1c1ccccc1C(F)(F)F. The van der Waals surface area contributed by atoms with Crippen molar-refractivity contribution in [2.45, 2.75) is 64.5 Å². The van der Waals surface area contributed by atoms with Crippen LogP contribution in [0.15, 0.2) is 46.8 Å². The first kappa shape index (κ1) is 23.9. The van der Waals surface area contributed by atoms with Crippen molar-refractivity contribution in [3.05, 3.63) is 57.9 Å². The van der Waals surface area contributed by atoms with Gasteiger partial charge in [0, 0.05) is 5.70 Å². The van der Waals surface area contributed by atoms with E-state index in [1.165, 1.54) is 18.2 Å². The zero-order valence-corrected chi connectivity index (χ0v) is 18.3. The van der Waals surface area contributed by atoms with Gasteiger partial charge < -0.3 is 14.8 Å². The molecule has 8 heteroatoms. The van der Waals surface area contributed by atoms with Crippen LogP contribution in [-0.4, -0.2) is 25.2 Å². The van der Waals surface area contributed by atoms with Crippen molar-refractivity contribution < 1.29 is 32.2 Å². The number of ether oxygens (including phenoxy) is 2. The predicted octanol–water partition coefficient (Wildman–Crippen LogP) is 5.38. The highest BCUT2D eigenvalue weighted by atomic mass is 19.4. The molecule has 0 spiro atoms. The number of nitrogens with one attached hydrogen (secondary N) is 1. The van der Waals surface area contributed by atoms with Crippen molar-refractivity contribution in [1.29, 1.82) is 0 Å². The molecule has 32 heavy (non-hydrogen) atoms. The minimum Gasteiger partial charge on any atom is -0.462 e. The van der Waals surface area contributed by atoms with Gasteiger partial charge in [0.05, 0.1) is 34.9 Å². The lowest BCUT2D eigenvalue weighted by molar-refractivity contribution is -0.141. The van der Waals surface area contributed by atoms with Crippen molar-refractivity contribution in [3.8, 4) is 0 Å². The lowest BCUT2D eigenvalue weighted by Gasteiger charge is -2.29. The van der Waals surface area contributed by atoms with Crippen LogP contribution >= 0.6 is 0 Å². The fraction of sp³-hybridized carbons (Fsp3) is 0.500. The van der Waals surface area contributed by atoms with Gasteiger partial charge in [-0.05, 0) is 25.0 Å². The zero-order valence-electron chi connectivity index (χ0n) is 18.3. The van der Waals surface area contributed by atoms with Gasteiger partial charge in [0.15, 0.2) is 0 Å². The fourth-order valence-electron chi connectivity index (χ4n) is 4.18. The highest BCUT2D eigenvalue weighted by Crippen LogP contribution is 2.45. The molecule has 1 aromatic carbocycles. The minimum atomic E-state index is -4.65. The molecule has 1 atom stereocenters. The molecule has 0 bridgehead atoms. The first-order valence-electron chi connectivity index (χ1n) is 11.0. The Bertz CT molecular complexity index is 933. The van der Waals surface area contributed by atoms with Crippen molar-refractivity contribution in [1.82, 2.24) is 5.32 Å². The molecule has 0 radical (unpaired) electrons. The second kappa shape index (κ2) is 10.2. The maximum absolute atomic E-state index is 13.8. The molecule has 1 N–H and O–H groups in total. The number of hydrogen-bond donors (Lipinski definition) is 1. The number of carbonyl (C=O) groups is 2. The maximum Gasteiger partial charge on any atom is 0.416 e. The Morgan fingerprint density at radius 1 is 1.16 bits per heavy atom. The quantitative estimate of drug-likeness (QED) is 0.403. The lowest BCUT2D eigenvalue weighted by Crippen LogP contribution is -2.31. The van der Waals surface area contributed by atoms with E-state index in [-0.39, 0.29) is 29.9 Å². The number of allylic oxidation sites excluding steroid dienone is 1. The molecule has 0 amide bonds. The smallest absolute Gasteiger partial charge is 0.416 e. The van der Waals surface area contributed by atoms with Gasteiger partial charge in [-0.15, -0.1) is 0 Å². The Hall–Kier alpha value is -2.77. The molecule has 2 heterocycles. The third-order valence-electron chi connectivity index (χ3n) is 5.74. The number of hydrogen-bond acceptors (Lipinski definition) is 5. The van der Waals surface area contributed by atoms with Crippen molar-refractivity contribution in [3.63, 3.8) is 0 Å². The molecule has 5 nitrogen and oxygen atoms in total. The number of carbonyl (C=O) groups excluding carboxylic acids is 2. The summed E-state index contributed by atoms with van der Waals surface area (Å²) in [6, 6.07) is 4.99. The average Bonchev–Trinajstić information content (AvgIpc) is 3.11. The highest BCUT2D eigenvalue weighted by molar-refractivity contribution is 6.01. The Morgan fingerprint density at radius 3 is 2.56 bits per heavy atom. The molecule has 2 aliphatic heterocycles. The van der Waals surface area contributed by atoms with E-state index in [1.807, 2.05) is 0 Å². The summed E-state index contributed by atoms with van der Waals surface area (Å²) in [4.78, 5) is 25.4. The van der Waals surface area contributed by atoms with Crippen LogP contribution in [0.25, 0.3) is 0 Å². The Morgan fingerprint density at radius 2 is 1.84 bits per heavy atom. The van der Waals surface area contributed by atoms with Gasteiger partial charge in [-0.3, -0.25) is 0 Å². The second-order valence-electron chi connectivity index (χ2n) is 8.05. The molecule has 0 aromatic heterocycles. The number of esters is 2. The number of benzene rings is 1. The molecule has 3 rings (SSSR count). The molecule has 1 aromatic rings. The molecule has 0 aliphatic carbocycles. The maximum atomic E-state index is 13.8. The molecule has 0 fully saturated rings. The fourth-order valence-corrected chi connectivity index (χ4v) is 4.18. The summed E-state index contributed by atoms with van der Waals surface area (Å²) in [5, 5.41) is 2.95. The van der Waals surface area contributed by atoms with Crippen LogP contribution in [0.2, 0.25) is 0 Å². The van der Waals surface area contributed by atoms with Gasteiger partial charge in [0.25, 0.3) is 0 Å². The van der Waals surface area contributed by atoms with Crippen molar-refractivity contribution in [2.24, 2.45) is 0 Å². The van der Waals surface area contributed by atoms with Crippen LogP contribution in [0, 0.1) is 0 Å². The summed E-state index contributed by atoms with van der Waals surface area (Å²) in [5.74, 6) is -2.67. The van der Waals surface area contributed by atoms with Crippen LogP contribution in [0.5, 0.6) is 0 Å². The van der Waals surface area contributed by atoms with Crippen molar-refractivity contribution >= 4 is 11.9 Å². The molecule has 2 aliphatic rings. The molecular weight excluding hydrogens is 423 g/mol. The van der Waals surface area contributed by atoms with E-state index in [0.717, 1.165) is 38.2 Å². The van der Waals surface area contributed by atoms with Gasteiger partial charge >= 0.3 is 18.1 Å². The van der Waals surface area contributed by atoms with Crippen LogP contribution in [0.4, 0.5) is 13.2 Å². The summed E-state index contributed by atoms with van der Waals surface area (Å²) in [5.41, 5.74) is -0.297. The second-order valence-corrected chi connectivity index (χ2v) is 8.05. The van der Waals surface area contributed by atoms with Crippen molar-refractivity contribution in [2.75, 3.05) is 13.2 Å². The molecule has 1 unspecified atom stereocenters. The van der Waals surface area contributed by atoms with Gasteiger partial charge in [0.1, 0.15) is 6.61 Å². The average molecular weight is 451 g/mol. The first-order chi connectivity index (χ1) is 15.3.